The van der Waals surface area contributed by atoms with E-state index in [4.69, 9.17) is 67.3 Å². The number of aliphatic hydroxyl groups excluding tert-OH is 4. The zero-order valence-electron chi connectivity index (χ0n) is 63.6. The molecule has 4 aromatic carbocycles. The van der Waals surface area contributed by atoms with Crippen LogP contribution in [0.5, 0.6) is 0 Å². The molecule has 116 heavy (non-hydrogen) atoms. The van der Waals surface area contributed by atoms with Gasteiger partial charge in [-0.1, -0.05) is 156 Å². The summed E-state index contributed by atoms with van der Waals surface area (Å²) in [6, 6.07) is 43.9. The molecular formula is C80H93Cl3F9N15O8S. The Morgan fingerprint density at radius 3 is 1.30 bits per heavy atom. The van der Waals surface area contributed by atoms with E-state index in [1.807, 2.05) is 142 Å². The minimum Gasteiger partial charge on any atom is -0.444 e. The SMILES string of the molecule is CC(C)(C)OC(=O)N1CCC(=O)CC1.N#Cc1c(C(F)(F)F)cc(Cl)nc1Cl.N#Cc1c(C(F)(F)F)cc(N2CCC(NC[C@@H](O)c3ccccc3)CC2)nc1Cl.NC(=O)c1sc2nc(N3CCC(NC[C@@H](O)c4ccccc4)CC3)cc(C(F)(F)F)c2c1N.NC[C@@H](O)c1ccccc1.O[C@H](CNC1CCNCC1)c1ccccc1. The number of pyridine rings is 3. The molecule has 4 aliphatic rings. The van der Waals surface area contributed by atoms with E-state index in [9.17, 15) is 74.3 Å². The number of alkyl halides is 9. The molecule has 0 radical (unpaired) electrons. The van der Waals surface area contributed by atoms with Crippen molar-refractivity contribution in [3.8, 4) is 12.1 Å². The Kier molecular flexibility index (Phi) is 36.1. The number of nitrogens with one attached hydrogen (secondary N) is 4. The monoisotopic (exact) mass is 1700 g/mol. The average molecular weight is 1700 g/mol. The lowest BCUT2D eigenvalue weighted by atomic mass is 10.0. The van der Waals surface area contributed by atoms with Crippen LogP contribution in [-0.4, -0.2) is 160 Å². The summed E-state index contributed by atoms with van der Waals surface area (Å²) in [6.07, 6.45) is -10.5. The number of nitrogens with zero attached hydrogens (tertiary/aromatic N) is 8. The number of ether oxygens (including phenoxy) is 1. The predicted molar refractivity (Wildman–Crippen MR) is 428 cm³/mol. The molecule has 8 aromatic rings. The number of benzene rings is 4. The number of likely N-dealkylation sites (tertiary alicyclic amines) is 1. The second-order valence-corrected chi connectivity index (χ2v) is 30.3. The van der Waals surface area contributed by atoms with Gasteiger partial charge < -0.3 is 78.3 Å². The Hall–Kier alpha value is -9.04. The van der Waals surface area contributed by atoms with Gasteiger partial charge in [-0.3, -0.25) is 9.59 Å². The number of nitriles is 2. The lowest BCUT2D eigenvalue weighted by molar-refractivity contribution is -0.138. The highest BCUT2D eigenvalue weighted by atomic mass is 35.5. The number of piperidine rings is 4. The average Bonchev–Trinajstić information content (AvgIpc) is 1.59. The molecule has 2 amide bonds. The van der Waals surface area contributed by atoms with Crippen molar-refractivity contribution < 1.29 is 79.1 Å². The molecule has 0 saturated carbocycles. The number of halogens is 12. The Labute approximate surface area is 684 Å². The van der Waals surface area contributed by atoms with Crippen LogP contribution in [0.15, 0.2) is 140 Å². The maximum atomic E-state index is 13.8. The first-order valence-corrected chi connectivity index (χ1v) is 39.0. The number of fused-ring (bicyclic) bond motifs is 1. The quantitative estimate of drug-likeness (QED) is 0.0298. The Bertz CT molecular complexity index is 4520. The van der Waals surface area contributed by atoms with Crippen molar-refractivity contribution in [3.05, 3.63) is 210 Å². The van der Waals surface area contributed by atoms with Crippen molar-refractivity contribution >= 4 is 91.5 Å². The van der Waals surface area contributed by atoms with E-state index in [0.29, 0.717) is 110 Å². The number of hydrogen-bond donors (Lipinski definition) is 11. The van der Waals surface area contributed by atoms with E-state index in [2.05, 4.69) is 36.2 Å². The van der Waals surface area contributed by atoms with Gasteiger partial charge in [0.2, 0.25) is 0 Å². The summed E-state index contributed by atoms with van der Waals surface area (Å²) in [4.78, 5) is 50.7. The van der Waals surface area contributed by atoms with Crippen molar-refractivity contribution in [1.29, 1.82) is 10.5 Å². The van der Waals surface area contributed by atoms with Gasteiger partial charge in [0.25, 0.3) is 5.91 Å². The molecule has 14 N–H and O–H groups in total. The van der Waals surface area contributed by atoms with Crippen molar-refractivity contribution in [3.63, 3.8) is 0 Å². The number of rotatable bonds is 17. The number of hydrogen-bond acceptors (Lipinski definition) is 22. The van der Waals surface area contributed by atoms with E-state index >= 15 is 0 Å². The van der Waals surface area contributed by atoms with Crippen LogP contribution in [0.1, 0.15) is 156 Å². The number of primary amides is 1. The lowest BCUT2D eigenvalue weighted by Gasteiger charge is -2.34. The molecule has 36 heteroatoms. The first-order valence-electron chi connectivity index (χ1n) is 37.0. The highest BCUT2D eigenvalue weighted by Crippen LogP contribution is 2.44. The van der Waals surface area contributed by atoms with Gasteiger partial charge in [0.15, 0.2) is 0 Å². The number of nitrogens with two attached hydrogens (primary N) is 3. The van der Waals surface area contributed by atoms with Gasteiger partial charge in [-0.05, 0) is 113 Å². The molecule has 4 atom stereocenters. The minimum atomic E-state index is -4.68. The molecule has 8 heterocycles. The first kappa shape index (κ1) is 94.1. The van der Waals surface area contributed by atoms with Gasteiger partial charge in [0.1, 0.15) is 71.5 Å². The largest absolute Gasteiger partial charge is 0.444 e. The summed E-state index contributed by atoms with van der Waals surface area (Å²) in [6.45, 7) is 12.3. The Morgan fingerprint density at radius 2 is 0.931 bits per heavy atom. The number of anilines is 3. The number of Topliss-reactive ketones (excluding diaryl/α,β-unsaturated/α-hetero) is 1. The van der Waals surface area contributed by atoms with Gasteiger partial charge >= 0.3 is 24.6 Å². The van der Waals surface area contributed by atoms with Crippen LogP contribution < -0.4 is 48.3 Å². The van der Waals surface area contributed by atoms with Crippen LogP contribution in [0, 0.1) is 22.7 Å². The summed E-state index contributed by atoms with van der Waals surface area (Å²) in [7, 11) is 0. The minimum absolute atomic E-state index is 0.0392. The van der Waals surface area contributed by atoms with Crippen LogP contribution in [0.25, 0.3) is 10.2 Å². The molecule has 4 saturated heterocycles. The summed E-state index contributed by atoms with van der Waals surface area (Å²) in [5, 5.41) is 68.9. The first-order chi connectivity index (χ1) is 54.9. The fraction of sp³-hybridized carbons (Fsp3) is 0.425. The number of aliphatic hydroxyl groups is 4. The predicted octanol–water partition coefficient (Wildman–Crippen LogP) is 13.8. The van der Waals surface area contributed by atoms with Crippen LogP contribution in [0.2, 0.25) is 15.5 Å². The van der Waals surface area contributed by atoms with E-state index in [1.54, 1.807) is 14.7 Å². The topological polar surface area (TPSA) is 364 Å². The van der Waals surface area contributed by atoms with Gasteiger partial charge in [-0.25, -0.2) is 19.7 Å². The fourth-order valence-corrected chi connectivity index (χ4v) is 14.1. The van der Waals surface area contributed by atoms with Gasteiger partial charge in [-0.2, -0.15) is 50.0 Å². The molecule has 4 aromatic heterocycles. The molecule has 0 spiro atoms. The molecule has 23 nitrogen and oxygen atoms in total. The maximum absolute atomic E-state index is 13.8. The third kappa shape index (κ3) is 29.2. The number of nitrogen functional groups attached to an aromatic ring is 1. The number of ketones is 1. The Morgan fingerprint density at radius 1 is 0.569 bits per heavy atom. The number of aromatic nitrogens is 3. The maximum Gasteiger partial charge on any atom is 0.417 e. The normalized spacial score (nSPS) is 16.1. The zero-order valence-corrected chi connectivity index (χ0v) is 66.7. The number of thiophene rings is 1. The third-order valence-electron chi connectivity index (χ3n) is 18.7. The van der Waals surface area contributed by atoms with Gasteiger partial charge in [-0.15, -0.1) is 11.3 Å². The highest BCUT2D eigenvalue weighted by Gasteiger charge is 2.40. The second kappa shape index (κ2) is 44.5. The lowest BCUT2D eigenvalue weighted by Crippen LogP contribution is -2.44. The summed E-state index contributed by atoms with van der Waals surface area (Å²) >= 11 is 17.2. The smallest absolute Gasteiger partial charge is 0.417 e. The third-order valence-corrected chi connectivity index (χ3v) is 20.5. The van der Waals surface area contributed by atoms with E-state index in [-0.39, 0.29) is 62.9 Å². The standard InChI is InChI=1S/C22H24F3N5O2S.C20H20ClF3N4O.C13H20N2O.C10H17NO3.C8H11NO.C7HCl2F3N2/c23-22(24,25)14-10-16(29-21-17(14)18(26)19(33-21)20(27)32)30-8-6-13(7-9-30)28-11-15(31)12-4-2-1-3-5-12;21-19-15(11-25)16(20(22,23)24)10-18(27-19)28-8-6-14(7-9-28)26-12-17(29)13-4-2-1-3-5-13;16-13(11-4-2-1-3-5-11)10-15-12-6-8-14-9-7-12;1-10(2,3)14-9(13)11-6-4-8(12)5-7-11;9-6-8(10)7-4-2-1-3-5-7;8-5-1-4(7(10,11)12)3(2-13)6(9)14-5/h1-5,10,13,15,28,31H,6-9,11,26H2,(H2,27,32);1-5,10,14,17,26,29H,6-9,12H2;1-5,12-16H,6-10H2;4-7H2,1-3H3;1-5,8,10H,6,9H2;1H/t15-;17-;13-;;8-;/m111.1./s1. The van der Waals surface area contributed by atoms with E-state index in [1.165, 1.54) is 12.1 Å². The molecule has 12 rings (SSSR count). The fourth-order valence-electron chi connectivity index (χ4n) is 12.4. The number of carbonyl (C=O) groups is 3. The summed E-state index contributed by atoms with van der Waals surface area (Å²) in [5.74, 6) is -0.349. The Balaban J connectivity index is 0.000000203. The summed E-state index contributed by atoms with van der Waals surface area (Å²) in [5.41, 5.74) is 14.6. The van der Waals surface area contributed by atoms with Crippen molar-refractivity contribution in [2.24, 2.45) is 11.5 Å². The molecule has 0 unspecified atom stereocenters. The molecule has 0 aliphatic carbocycles. The van der Waals surface area contributed by atoms with Crippen molar-refractivity contribution in [1.82, 2.24) is 41.1 Å². The summed E-state index contributed by atoms with van der Waals surface area (Å²) < 4.78 is 123. The molecule has 4 aliphatic heterocycles. The molecular weight excluding hydrogens is 1610 g/mol. The van der Waals surface area contributed by atoms with Crippen LogP contribution in [0.4, 0.5) is 61.6 Å². The molecule has 0 bridgehead atoms. The number of amides is 2. The zero-order chi connectivity index (χ0) is 85.1. The highest BCUT2D eigenvalue weighted by molar-refractivity contribution is 7.21. The molecule has 626 valence electrons. The number of carbonyl (C=O) groups excluding carboxylic acids is 3. The van der Waals surface area contributed by atoms with Gasteiger partial charge in [0, 0.05) is 102 Å². The van der Waals surface area contributed by atoms with Crippen LogP contribution in [0.3, 0.4) is 0 Å². The second-order valence-electron chi connectivity index (χ2n) is 28.2. The van der Waals surface area contributed by atoms with E-state index in [0.717, 1.165) is 71.7 Å². The van der Waals surface area contributed by atoms with Crippen LogP contribution >= 0.6 is 46.1 Å². The van der Waals surface area contributed by atoms with Crippen LogP contribution in [-0.2, 0) is 28.1 Å². The van der Waals surface area contributed by atoms with Crippen molar-refractivity contribution in [2.45, 2.75) is 139 Å². The van der Waals surface area contributed by atoms with Crippen molar-refractivity contribution in [2.75, 3.05) is 94.1 Å². The van der Waals surface area contributed by atoms with Gasteiger partial charge in [0.05, 0.1) is 46.8 Å². The van der Waals surface area contributed by atoms with E-state index < -0.39 is 97.7 Å². The molecule has 4 fully saturated rings.